The van der Waals surface area contributed by atoms with Crippen LogP contribution < -0.4 is 5.32 Å². The molecule has 0 saturated carbocycles. The summed E-state index contributed by atoms with van der Waals surface area (Å²) in [5.41, 5.74) is 0.652. The van der Waals surface area contributed by atoms with Gasteiger partial charge in [0.25, 0.3) is 5.91 Å². The number of carboxylic acids is 1. The lowest BCUT2D eigenvalue weighted by atomic mass is 10.0. The summed E-state index contributed by atoms with van der Waals surface area (Å²) in [6.07, 6.45) is 0. The predicted molar refractivity (Wildman–Crippen MR) is 97.7 cm³/mol. The lowest BCUT2D eigenvalue weighted by molar-refractivity contribution is 0.0699. The number of hydrogen-bond donors (Lipinski definition) is 3. The topological polar surface area (TPSA) is 86.6 Å². The van der Waals surface area contributed by atoms with Crippen molar-refractivity contribution < 1.29 is 24.2 Å². The maximum atomic E-state index is 13.3. The zero-order valence-electron chi connectivity index (χ0n) is 13.0. The summed E-state index contributed by atoms with van der Waals surface area (Å²) in [5, 5.41) is 23.9. The number of phenols is 1. The number of anilines is 1. The van der Waals surface area contributed by atoms with Gasteiger partial charge in [0, 0.05) is 16.0 Å². The van der Waals surface area contributed by atoms with Crippen LogP contribution >= 0.6 is 22.9 Å². The molecular weight excluding hydrogens is 381 g/mol. The second-order valence-electron chi connectivity index (χ2n) is 5.28. The number of aromatic carboxylic acids is 1. The highest BCUT2D eigenvalue weighted by Crippen LogP contribution is 2.36. The molecule has 0 atom stereocenters. The number of halogens is 2. The van der Waals surface area contributed by atoms with Crippen molar-refractivity contribution in [1.29, 1.82) is 0 Å². The Bertz CT molecular complexity index is 1000. The average molecular weight is 392 g/mol. The van der Waals surface area contributed by atoms with Crippen molar-refractivity contribution in [2.45, 2.75) is 0 Å². The summed E-state index contributed by atoms with van der Waals surface area (Å²) in [7, 11) is 0. The fraction of sp³-hybridized carbons (Fsp3) is 0. The normalized spacial score (nSPS) is 10.5. The maximum Gasteiger partial charge on any atom is 0.339 e. The maximum absolute atomic E-state index is 13.3. The molecule has 2 aromatic carbocycles. The highest BCUT2D eigenvalue weighted by atomic mass is 35.5. The van der Waals surface area contributed by atoms with E-state index in [0.29, 0.717) is 16.1 Å². The van der Waals surface area contributed by atoms with Gasteiger partial charge in [-0.2, -0.15) is 0 Å². The number of aromatic hydroxyl groups is 1. The quantitative estimate of drug-likeness (QED) is 0.592. The van der Waals surface area contributed by atoms with E-state index in [1.165, 1.54) is 0 Å². The Hall–Kier alpha value is -2.90. The molecule has 0 aliphatic carbocycles. The number of carbonyl (C=O) groups excluding carboxylic acids is 1. The molecule has 0 aliphatic heterocycles. The molecule has 0 aliphatic rings. The molecular formula is C18H11ClFNO4S. The number of thiophene rings is 1. The van der Waals surface area contributed by atoms with Gasteiger partial charge in [-0.15, -0.1) is 11.3 Å². The van der Waals surface area contributed by atoms with Crippen molar-refractivity contribution >= 4 is 39.8 Å². The second-order valence-corrected chi connectivity index (χ2v) is 6.60. The number of amides is 1. The largest absolute Gasteiger partial charge is 0.507 e. The molecule has 0 spiro atoms. The van der Waals surface area contributed by atoms with Gasteiger partial charge < -0.3 is 15.5 Å². The Labute approximate surface area is 156 Å². The molecule has 1 heterocycles. The first kappa shape index (κ1) is 17.9. The van der Waals surface area contributed by atoms with Gasteiger partial charge in [0.1, 0.15) is 22.1 Å². The van der Waals surface area contributed by atoms with E-state index in [0.717, 1.165) is 29.5 Å². The van der Waals surface area contributed by atoms with E-state index < -0.39 is 23.4 Å². The predicted octanol–water partition coefficient (Wildman–Crippen LogP) is 4.86. The van der Waals surface area contributed by atoms with E-state index in [-0.39, 0.29) is 16.1 Å². The zero-order valence-corrected chi connectivity index (χ0v) is 14.6. The van der Waals surface area contributed by atoms with Gasteiger partial charge in [-0.3, -0.25) is 4.79 Å². The lowest BCUT2D eigenvalue weighted by Gasteiger charge is -2.07. The molecule has 5 nitrogen and oxygen atoms in total. The van der Waals surface area contributed by atoms with Gasteiger partial charge in [0.2, 0.25) is 0 Å². The van der Waals surface area contributed by atoms with Crippen LogP contribution in [0.3, 0.4) is 0 Å². The molecule has 0 unspecified atom stereocenters. The molecule has 1 aromatic heterocycles. The van der Waals surface area contributed by atoms with Crippen molar-refractivity contribution in [3.05, 3.63) is 69.8 Å². The molecule has 0 saturated heterocycles. The minimum atomic E-state index is -1.23. The number of carboxylic acid groups (broad SMARTS) is 1. The summed E-state index contributed by atoms with van der Waals surface area (Å²) >= 11 is 6.86. The zero-order chi connectivity index (χ0) is 18.8. The van der Waals surface area contributed by atoms with Gasteiger partial charge in [-0.05, 0) is 35.9 Å². The number of phenolic OH excluding ortho intramolecular Hbond substituents is 1. The van der Waals surface area contributed by atoms with Crippen molar-refractivity contribution in [2.75, 3.05) is 5.32 Å². The van der Waals surface area contributed by atoms with Crippen molar-refractivity contribution in [3.8, 4) is 16.9 Å². The molecule has 3 aromatic rings. The van der Waals surface area contributed by atoms with Crippen LogP contribution in [0, 0.1) is 5.82 Å². The third kappa shape index (κ3) is 3.54. The van der Waals surface area contributed by atoms with Crippen molar-refractivity contribution in [1.82, 2.24) is 0 Å². The number of benzene rings is 2. The number of hydrogen-bond acceptors (Lipinski definition) is 4. The number of nitrogens with one attached hydrogen (secondary N) is 1. The number of carbonyl (C=O) groups is 2. The summed E-state index contributed by atoms with van der Waals surface area (Å²) in [5.74, 6) is -3.14. The molecule has 3 N–H and O–H groups in total. The van der Waals surface area contributed by atoms with E-state index in [1.807, 2.05) is 0 Å². The highest BCUT2D eigenvalue weighted by molar-refractivity contribution is 7.15. The Morgan fingerprint density at radius 1 is 1.12 bits per heavy atom. The van der Waals surface area contributed by atoms with Gasteiger partial charge in [0.15, 0.2) is 0 Å². The molecule has 0 radical (unpaired) electrons. The lowest BCUT2D eigenvalue weighted by Crippen LogP contribution is -2.14. The van der Waals surface area contributed by atoms with Crippen molar-refractivity contribution in [3.63, 3.8) is 0 Å². The Kier molecular flexibility index (Phi) is 4.92. The summed E-state index contributed by atoms with van der Waals surface area (Å²) in [4.78, 5) is 24.0. The van der Waals surface area contributed by atoms with Gasteiger partial charge >= 0.3 is 5.97 Å². The van der Waals surface area contributed by atoms with Crippen LogP contribution in [0.2, 0.25) is 5.02 Å². The minimum Gasteiger partial charge on any atom is -0.507 e. The molecule has 3 rings (SSSR count). The van der Waals surface area contributed by atoms with E-state index in [1.54, 1.807) is 29.6 Å². The van der Waals surface area contributed by atoms with E-state index in [2.05, 4.69) is 5.32 Å². The summed E-state index contributed by atoms with van der Waals surface area (Å²) in [6.45, 7) is 0. The molecule has 1 amide bonds. The summed E-state index contributed by atoms with van der Waals surface area (Å²) in [6, 6.07) is 9.53. The first-order valence-corrected chi connectivity index (χ1v) is 8.53. The SMILES string of the molecule is O=C(Nc1scc(-c2ccc(Cl)cc2)c1C(=O)O)c1cc(F)ccc1O. The first-order valence-electron chi connectivity index (χ1n) is 7.27. The molecule has 8 heteroatoms. The van der Waals surface area contributed by atoms with Crippen LogP contribution in [0.5, 0.6) is 5.75 Å². The molecule has 0 bridgehead atoms. The Balaban J connectivity index is 1.98. The Morgan fingerprint density at radius 3 is 2.46 bits per heavy atom. The summed E-state index contributed by atoms with van der Waals surface area (Å²) < 4.78 is 13.3. The van der Waals surface area contributed by atoms with E-state index in [9.17, 15) is 24.2 Å². The van der Waals surface area contributed by atoms with Crippen LogP contribution in [0.15, 0.2) is 47.8 Å². The average Bonchev–Trinajstić information content (AvgIpc) is 3.01. The molecule has 0 fully saturated rings. The second kappa shape index (κ2) is 7.15. The third-order valence-electron chi connectivity index (χ3n) is 3.59. The fourth-order valence-corrected chi connectivity index (χ4v) is 3.45. The van der Waals surface area contributed by atoms with Gasteiger partial charge in [-0.1, -0.05) is 23.7 Å². The van der Waals surface area contributed by atoms with Crippen LogP contribution in [0.4, 0.5) is 9.39 Å². The molecule has 132 valence electrons. The Morgan fingerprint density at radius 2 is 1.81 bits per heavy atom. The smallest absolute Gasteiger partial charge is 0.339 e. The fourth-order valence-electron chi connectivity index (χ4n) is 2.36. The van der Waals surface area contributed by atoms with E-state index in [4.69, 9.17) is 11.6 Å². The van der Waals surface area contributed by atoms with Crippen LogP contribution in [0.25, 0.3) is 11.1 Å². The highest BCUT2D eigenvalue weighted by Gasteiger charge is 2.22. The van der Waals surface area contributed by atoms with Crippen LogP contribution in [0.1, 0.15) is 20.7 Å². The first-order chi connectivity index (χ1) is 12.4. The monoisotopic (exact) mass is 391 g/mol. The van der Waals surface area contributed by atoms with Crippen LogP contribution in [-0.2, 0) is 0 Å². The van der Waals surface area contributed by atoms with E-state index >= 15 is 0 Å². The van der Waals surface area contributed by atoms with Gasteiger partial charge in [-0.25, -0.2) is 9.18 Å². The van der Waals surface area contributed by atoms with Crippen LogP contribution in [-0.4, -0.2) is 22.1 Å². The van der Waals surface area contributed by atoms with Gasteiger partial charge in [0.05, 0.1) is 5.56 Å². The minimum absolute atomic E-state index is 0.0797. The third-order valence-corrected chi connectivity index (χ3v) is 4.74. The molecule has 26 heavy (non-hydrogen) atoms. The number of rotatable bonds is 4. The van der Waals surface area contributed by atoms with Crippen molar-refractivity contribution in [2.24, 2.45) is 0 Å². The standard InChI is InChI=1S/C18H11ClFNO4S/c19-10-3-1-9(2-4-10)13-8-26-17(15(13)18(24)25)21-16(23)12-7-11(20)5-6-14(12)22/h1-8,22H,(H,21,23)(H,24,25).